The fraction of sp³-hybridized carbons (Fsp3) is 0.538. The minimum Gasteiger partial charge on any atom is -0.504 e. The van der Waals surface area contributed by atoms with Crippen LogP contribution in [0.2, 0.25) is 0 Å². The molecule has 0 saturated heterocycles. The average molecular weight is 239 g/mol. The molecule has 17 heavy (non-hydrogen) atoms. The minimum absolute atomic E-state index is 0.109. The summed E-state index contributed by atoms with van der Waals surface area (Å²) in [6.45, 7) is 1.77. The van der Waals surface area contributed by atoms with Crippen LogP contribution in [0.3, 0.4) is 0 Å². The molecule has 0 radical (unpaired) electrons. The van der Waals surface area contributed by atoms with Gasteiger partial charge in [0.25, 0.3) is 0 Å². The van der Waals surface area contributed by atoms with Crippen molar-refractivity contribution < 1.29 is 14.2 Å². The van der Waals surface area contributed by atoms with E-state index in [1.54, 1.807) is 6.92 Å². The molecular weight excluding hydrogens is 221 g/mol. The van der Waals surface area contributed by atoms with E-state index in [-0.39, 0.29) is 11.5 Å². The van der Waals surface area contributed by atoms with Crippen molar-refractivity contribution in [3.8, 4) is 11.5 Å². The van der Waals surface area contributed by atoms with Crippen LogP contribution in [-0.2, 0) is 5.54 Å². The lowest BCUT2D eigenvalue weighted by molar-refractivity contribution is 0.336. The monoisotopic (exact) mass is 239 g/mol. The third-order valence-corrected chi connectivity index (χ3v) is 3.60. The van der Waals surface area contributed by atoms with Gasteiger partial charge >= 0.3 is 0 Å². The van der Waals surface area contributed by atoms with E-state index < -0.39 is 11.4 Å². The Morgan fingerprint density at radius 2 is 2.00 bits per heavy atom. The second-order valence-corrected chi connectivity index (χ2v) is 4.80. The Kier molecular flexibility index (Phi) is 3.00. The summed E-state index contributed by atoms with van der Waals surface area (Å²) in [6.07, 6.45) is 3.70. The van der Waals surface area contributed by atoms with Crippen LogP contribution in [0.5, 0.6) is 11.5 Å². The van der Waals surface area contributed by atoms with Crippen molar-refractivity contribution in [1.82, 2.24) is 0 Å². The molecule has 3 N–H and O–H groups in total. The molecule has 1 aromatic rings. The maximum atomic E-state index is 13.6. The first-order chi connectivity index (χ1) is 7.99. The van der Waals surface area contributed by atoms with Gasteiger partial charge in [0.2, 0.25) is 0 Å². The van der Waals surface area contributed by atoms with Crippen molar-refractivity contribution in [2.24, 2.45) is 5.73 Å². The average Bonchev–Trinajstić information content (AvgIpc) is 2.65. The van der Waals surface area contributed by atoms with Crippen LogP contribution in [0.15, 0.2) is 6.07 Å². The highest BCUT2D eigenvalue weighted by Gasteiger charge is 2.36. The SMILES string of the molecule is COc1c(F)cc(C)c(C2(N)CCCC2)c1O. The van der Waals surface area contributed by atoms with E-state index in [1.165, 1.54) is 13.2 Å². The summed E-state index contributed by atoms with van der Waals surface area (Å²) in [6, 6.07) is 1.38. The van der Waals surface area contributed by atoms with Gasteiger partial charge in [0.1, 0.15) is 0 Å². The molecule has 2 rings (SSSR count). The number of nitrogens with two attached hydrogens (primary N) is 1. The van der Waals surface area contributed by atoms with Gasteiger partial charge in [-0.05, 0) is 31.4 Å². The van der Waals surface area contributed by atoms with Crippen LogP contribution < -0.4 is 10.5 Å². The number of hydrogen-bond acceptors (Lipinski definition) is 3. The molecule has 1 aromatic carbocycles. The number of rotatable bonds is 2. The molecule has 4 heteroatoms. The van der Waals surface area contributed by atoms with Crippen molar-refractivity contribution in [2.45, 2.75) is 38.1 Å². The number of aryl methyl sites for hydroxylation is 1. The van der Waals surface area contributed by atoms with Crippen LogP contribution in [-0.4, -0.2) is 12.2 Å². The number of aromatic hydroxyl groups is 1. The van der Waals surface area contributed by atoms with Gasteiger partial charge in [-0.2, -0.15) is 0 Å². The number of methoxy groups -OCH3 is 1. The third kappa shape index (κ3) is 1.86. The van der Waals surface area contributed by atoms with Crippen molar-refractivity contribution in [3.05, 3.63) is 23.0 Å². The third-order valence-electron chi connectivity index (χ3n) is 3.60. The summed E-state index contributed by atoms with van der Waals surface area (Å²) in [5.41, 5.74) is 7.09. The molecule has 0 aromatic heterocycles. The predicted molar refractivity (Wildman–Crippen MR) is 63.7 cm³/mol. The lowest BCUT2D eigenvalue weighted by atomic mass is 9.85. The Morgan fingerprint density at radius 1 is 1.41 bits per heavy atom. The smallest absolute Gasteiger partial charge is 0.196 e. The number of halogens is 1. The number of hydrogen-bond donors (Lipinski definition) is 2. The summed E-state index contributed by atoms with van der Waals surface area (Å²) in [4.78, 5) is 0. The second kappa shape index (κ2) is 4.18. The summed E-state index contributed by atoms with van der Waals surface area (Å²) in [5, 5.41) is 10.1. The van der Waals surface area contributed by atoms with Gasteiger partial charge in [0.15, 0.2) is 17.3 Å². The number of benzene rings is 1. The van der Waals surface area contributed by atoms with Gasteiger partial charge in [-0.1, -0.05) is 12.8 Å². The first kappa shape index (κ1) is 12.2. The van der Waals surface area contributed by atoms with Crippen LogP contribution in [0.25, 0.3) is 0 Å². The van der Waals surface area contributed by atoms with Gasteiger partial charge in [-0.15, -0.1) is 0 Å². The summed E-state index contributed by atoms with van der Waals surface area (Å²) in [5.74, 6) is -0.801. The molecule has 0 spiro atoms. The van der Waals surface area contributed by atoms with E-state index in [0.29, 0.717) is 11.1 Å². The molecule has 0 heterocycles. The lowest BCUT2D eigenvalue weighted by Gasteiger charge is -2.28. The number of ether oxygens (including phenoxy) is 1. The zero-order valence-corrected chi connectivity index (χ0v) is 10.2. The van der Waals surface area contributed by atoms with Gasteiger partial charge < -0.3 is 15.6 Å². The Balaban J connectivity index is 2.60. The summed E-state index contributed by atoms with van der Waals surface area (Å²) < 4.78 is 18.5. The minimum atomic E-state index is -0.548. The van der Waals surface area contributed by atoms with Crippen molar-refractivity contribution in [3.63, 3.8) is 0 Å². The Bertz CT molecular complexity index is 440. The van der Waals surface area contributed by atoms with Gasteiger partial charge in [-0.25, -0.2) is 4.39 Å². The molecule has 94 valence electrons. The second-order valence-electron chi connectivity index (χ2n) is 4.80. The van der Waals surface area contributed by atoms with E-state index in [9.17, 15) is 9.50 Å². The molecule has 1 fully saturated rings. The molecule has 0 unspecified atom stereocenters. The zero-order valence-electron chi connectivity index (χ0n) is 10.2. The first-order valence-corrected chi connectivity index (χ1v) is 5.85. The van der Waals surface area contributed by atoms with Crippen LogP contribution in [0.1, 0.15) is 36.8 Å². The lowest BCUT2D eigenvalue weighted by Crippen LogP contribution is -2.34. The molecule has 0 bridgehead atoms. The fourth-order valence-electron chi connectivity index (χ4n) is 2.82. The largest absolute Gasteiger partial charge is 0.504 e. The van der Waals surface area contributed by atoms with Crippen molar-refractivity contribution in [1.29, 1.82) is 0 Å². The summed E-state index contributed by atoms with van der Waals surface area (Å²) in [7, 11) is 1.34. The zero-order chi connectivity index (χ0) is 12.6. The van der Waals surface area contributed by atoms with E-state index in [4.69, 9.17) is 10.5 Å². The highest BCUT2D eigenvalue weighted by atomic mass is 19.1. The van der Waals surface area contributed by atoms with Crippen LogP contribution >= 0.6 is 0 Å². The van der Waals surface area contributed by atoms with Crippen molar-refractivity contribution in [2.75, 3.05) is 7.11 Å². The molecule has 0 atom stereocenters. The molecule has 0 amide bonds. The molecule has 1 saturated carbocycles. The first-order valence-electron chi connectivity index (χ1n) is 5.85. The molecule has 1 aliphatic carbocycles. The van der Waals surface area contributed by atoms with Gasteiger partial charge in [-0.3, -0.25) is 0 Å². The Hall–Kier alpha value is -1.29. The van der Waals surface area contributed by atoms with Crippen LogP contribution in [0, 0.1) is 12.7 Å². The van der Waals surface area contributed by atoms with Crippen LogP contribution in [0.4, 0.5) is 4.39 Å². The predicted octanol–water partition coefficient (Wildman–Crippen LogP) is 2.58. The highest BCUT2D eigenvalue weighted by molar-refractivity contribution is 5.53. The van der Waals surface area contributed by atoms with E-state index in [2.05, 4.69) is 0 Å². The fourth-order valence-corrected chi connectivity index (χ4v) is 2.82. The van der Waals surface area contributed by atoms with Gasteiger partial charge in [0.05, 0.1) is 7.11 Å². The number of phenolic OH excluding ortho intramolecular Hbond substituents is 1. The van der Waals surface area contributed by atoms with E-state index >= 15 is 0 Å². The molecular formula is C13H18FNO2. The maximum Gasteiger partial charge on any atom is 0.196 e. The van der Waals surface area contributed by atoms with Gasteiger partial charge in [0, 0.05) is 11.1 Å². The normalized spacial score (nSPS) is 18.4. The summed E-state index contributed by atoms with van der Waals surface area (Å²) >= 11 is 0. The van der Waals surface area contributed by atoms with E-state index in [1.807, 2.05) is 0 Å². The van der Waals surface area contributed by atoms with Crippen molar-refractivity contribution >= 4 is 0 Å². The Labute approximate surface area is 100 Å². The topological polar surface area (TPSA) is 55.5 Å². The maximum absolute atomic E-state index is 13.6. The molecule has 0 aliphatic heterocycles. The molecule has 1 aliphatic rings. The van der Waals surface area contributed by atoms with E-state index in [0.717, 1.165) is 25.7 Å². The quantitative estimate of drug-likeness (QED) is 0.834. The molecule has 3 nitrogen and oxygen atoms in total. The standard InChI is InChI=1S/C13H18FNO2/c1-8-7-9(14)12(17-2)11(16)10(8)13(15)5-3-4-6-13/h7,16H,3-6,15H2,1-2H3. The number of phenols is 1. The Morgan fingerprint density at radius 3 is 2.53 bits per heavy atom. The highest BCUT2D eigenvalue weighted by Crippen LogP contribution is 2.46.